The monoisotopic (exact) mass is 237 g/mol. The predicted octanol–water partition coefficient (Wildman–Crippen LogP) is 3.26. The van der Waals surface area contributed by atoms with Crippen molar-refractivity contribution in [2.75, 3.05) is 13.1 Å². The summed E-state index contributed by atoms with van der Waals surface area (Å²) in [6.45, 7) is 4.69. The Morgan fingerprint density at radius 3 is 2.47 bits per heavy atom. The van der Waals surface area contributed by atoms with Gasteiger partial charge in [-0.1, -0.05) is 26.2 Å². The van der Waals surface area contributed by atoms with Gasteiger partial charge < -0.3 is 10.1 Å². The van der Waals surface area contributed by atoms with Gasteiger partial charge in [-0.05, 0) is 43.9 Å². The SMILES string of the molecule is CC1(CNCC2CCC3(CCCC3)O2)CCC1. The molecule has 0 amide bonds. The third kappa shape index (κ3) is 2.53. The molecular weight excluding hydrogens is 210 g/mol. The van der Waals surface area contributed by atoms with Crippen molar-refractivity contribution in [2.24, 2.45) is 5.41 Å². The molecule has 98 valence electrons. The number of hydrogen-bond acceptors (Lipinski definition) is 2. The molecule has 1 aliphatic heterocycles. The van der Waals surface area contributed by atoms with Crippen molar-refractivity contribution in [3.63, 3.8) is 0 Å². The molecule has 2 saturated carbocycles. The summed E-state index contributed by atoms with van der Waals surface area (Å²) in [6, 6.07) is 0. The lowest BCUT2D eigenvalue weighted by atomic mass is 9.70. The quantitative estimate of drug-likeness (QED) is 0.810. The van der Waals surface area contributed by atoms with E-state index < -0.39 is 0 Å². The minimum Gasteiger partial charge on any atom is -0.370 e. The first kappa shape index (κ1) is 12.0. The molecule has 3 aliphatic rings. The van der Waals surface area contributed by atoms with Crippen LogP contribution in [0, 0.1) is 5.41 Å². The summed E-state index contributed by atoms with van der Waals surface area (Å²) in [6.07, 6.45) is 12.8. The molecule has 1 spiro atoms. The van der Waals surface area contributed by atoms with E-state index in [1.165, 1.54) is 64.3 Å². The van der Waals surface area contributed by atoms with E-state index in [-0.39, 0.29) is 0 Å². The molecule has 0 radical (unpaired) electrons. The van der Waals surface area contributed by atoms with Crippen LogP contribution in [0.15, 0.2) is 0 Å². The third-order valence-corrected chi connectivity index (χ3v) is 5.34. The van der Waals surface area contributed by atoms with Crippen LogP contribution in [0.2, 0.25) is 0 Å². The second-order valence-electron chi connectivity index (χ2n) is 6.96. The lowest BCUT2D eigenvalue weighted by Gasteiger charge is -2.38. The first-order valence-corrected chi connectivity index (χ1v) is 7.58. The molecule has 0 aromatic rings. The molecule has 3 fully saturated rings. The van der Waals surface area contributed by atoms with Crippen molar-refractivity contribution in [1.82, 2.24) is 5.32 Å². The van der Waals surface area contributed by atoms with E-state index in [1.54, 1.807) is 0 Å². The van der Waals surface area contributed by atoms with Gasteiger partial charge in [-0.3, -0.25) is 0 Å². The molecule has 0 aromatic carbocycles. The van der Waals surface area contributed by atoms with Crippen molar-refractivity contribution in [3.05, 3.63) is 0 Å². The van der Waals surface area contributed by atoms with E-state index in [0.29, 0.717) is 17.1 Å². The van der Waals surface area contributed by atoms with E-state index in [4.69, 9.17) is 4.74 Å². The Morgan fingerprint density at radius 1 is 1.06 bits per heavy atom. The Kier molecular flexibility index (Phi) is 3.20. The predicted molar refractivity (Wildman–Crippen MR) is 70.1 cm³/mol. The Bertz CT molecular complexity index is 266. The number of nitrogens with one attached hydrogen (secondary N) is 1. The molecule has 2 heteroatoms. The van der Waals surface area contributed by atoms with Gasteiger partial charge in [0.15, 0.2) is 0 Å². The van der Waals surface area contributed by atoms with Gasteiger partial charge in [-0.15, -0.1) is 0 Å². The van der Waals surface area contributed by atoms with Crippen molar-refractivity contribution < 1.29 is 4.74 Å². The van der Waals surface area contributed by atoms with Crippen molar-refractivity contribution in [3.8, 4) is 0 Å². The third-order valence-electron chi connectivity index (χ3n) is 5.34. The van der Waals surface area contributed by atoms with Crippen LogP contribution in [0.5, 0.6) is 0 Å². The summed E-state index contributed by atoms with van der Waals surface area (Å²) < 4.78 is 6.31. The van der Waals surface area contributed by atoms with Crippen LogP contribution in [-0.4, -0.2) is 24.8 Å². The summed E-state index contributed by atoms with van der Waals surface area (Å²) >= 11 is 0. The van der Waals surface area contributed by atoms with Crippen LogP contribution < -0.4 is 5.32 Å². The maximum atomic E-state index is 6.31. The van der Waals surface area contributed by atoms with Gasteiger partial charge in [-0.2, -0.15) is 0 Å². The molecule has 1 unspecified atom stereocenters. The highest BCUT2D eigenvalue weighted by Crippen LogP contribution is 2.43. The fourth-order valence-electron chi connectivity index (χ4n) is 3.92. The smallest absolute Gasteiger partial charge is 0.0708 e. The average molecular weight is 237 g/mol. The van der Waals surface area contributed by atoms with E-state index in [1.807, 2.05) is 0 Å². The fraction of sp³-hybridized carbons (Fsp3) is 1.00. The molecule has 0 aromatic heterocycles. The molecule has 0 bridgehead atoms. The zero-order chi connectivity index (χ0) is 11.8. The highest BCUT2D eigenvalue weighted by Gasteiger charge is 2.42. The molecule has 2 nitrogen and oxygen atoms in total. The molecule has 3 rings (SSSR count). The van der Waals surface area contributed by atoms with Crippen LogP contribution in [-0.2, 0) is 4.74 Å². The first-order valence-electron chi connectivity index (χ1n) is 7.58. The summed E-state index contributed by atoms with van der Waals surface area (Å²) in [5.74, 6) is 0. The van der Waals surface area contributed by atoms with Crippen LogP contribution in [0.3, 0.4) is 0 Å². The average Bonchev–Trinajstić information content (AvgIpc) is 2.88. The highest BCUT2D eigenvalue weighted by molar-refractivity contribution is 4.93. The minimum atomic E-state index is 0.312. The summed E-state index contributed by atoms with van der Waals surface area (Å²) in [5.41, 5.74) is 0.913. The molecule has 1 atom stereocenters. The maximum Gasteiger partial charge on any atom is 0.0708 e. The van der Waals surface area contributed by atoms with Crippen LogP contribution in [0.4, 0.5) is 0 Å². The topological polar surface area (TPSA) is 21.3 Å². The second kappa shape index (κ2) is 4.55. The molecule has 2 aliphatic carbocycles. The van der Waals surface area contributed by atoms with Gasteiger partial charge in [0.05, 0.1) is 11.7 Å². The second-order valence-corrected chi connectivity index (χ2v) is 6.96. The first-order chi connectivity index (χ1) is 8.20. The largest absolute Gasteiger partial charge is 0.370 e. The van der Waals surface area contributed by atoms with Gasteiger partial charge >= 0.3 is 0 Å². The van der Waals surface area contributed by atoms with E-state index in [0.717, 1.165) is 6.54 Å². The Hall–Kier alpha value is -0.0800. The number of hydrogen-bond donors (Lipinski definition) is 1. The van der Waals surface area contributed by atoms with Crippen molar-refractivity contribution in [2.45, 2.75) is 76.4 Å². The normalized spacial score (nSPS) is 34.1. The summed E-state index contributed by atoms with van der Waals surface area (Å²) in [7, 11) is 0. The molecule has 17 heavy (non-hydrogen) atoms. The minimum absolute atomic E-state index is 0.312. The number of ether oxygens (including phenoxy) is 1. The number of rotatable bonds is 4. The standard InChI is InChI=1S/C15H27NO/c1-14(6-4-7-14)12-16-11-13-5-10-15(17-13)8-2-3-9-15/h13,16H,2-12H2,1H3. The summed E-state index contributed by atoms with van der Waals surface area (Å²) in [4.78, 5) is 0. The van der Waals surface area contributed by atoms with Gasteiger partial charge in [0.25, 0.3) is 0 Å². The maximum absolute atomic E-state index is 6.31. The summed E-state index contributed by atoms with van der Waals surface area (Å²) in [5, 5.41) is 3.65. The lowest BCUT2D eigenvalue weighted by Crippen LogP contribution is -2.40. The van der Waals surface area contributed by atoms with Crippen LogP contribution >= 0.6 is 0 Å². The van der Waals surface area contributed by atoms with E-state index >= 15 is 0 Å². The Labute approximate surface area is 105 Å². The lowest BCUT2D eigenvalue weighted by molar-refractivity contribution is -0.0362. The molecule has 1 heterocycles. The van der Waals surface area contributed by atoms with Gasteiger partial charge in [-0.25, -0.2) is 0 Å². The van der Waals surface area contributed by atoms with Crippen LogP contribution in [0.25, 0.3) is 0 Å². The molecular formula is C15H27NO. The molecule has 1 N–H and O–H groups in total. The van der Waals surface area contributed by atoms with Gasteiger partial charge in [0.2, 0.25) is 0 Å². The van der Waals surface area contributed by atoms with E-state index in [9.17, 15) is 0 Å². The highest BCUT2D eigenvalue weighted by atomic mass is 16.5. The Morgan fingerprint density at radius 2 is 1.82 bits per heavy atom. The van der Waals surface area contributed by atoms with Crippen molar-refractivity contribution in [1.29, 1.82) is 0 Å². The van der Waals surface area contributed by atoms with E-state index in [2.05, 4.69) is 12.2 Å². The van der Waals surface area contributed by atoms with Crippen LogP contribution in [0.1, 0.15) is 64.7 Å². The van der Waals surface area contributed by atoms with Gasteiger partial charge in [0.1, 0.15) is 0 Å². The molecule has 1 saturated heterocycles. The fourth-order valence-corrected chi connectivity index (χ4v) is 3.92. The van der Waals surface area contributed by atoms with Crippen molar-refractivity contribution >= 4 is 0 Å². The van der Waals surface area contributed by atoms with Gasteiger partial charge in [0, 0.05) is 13.1 Å². The zero-order valence-corrected chi connectivity index (χ0v) is 11.3. The zero-order valence-electron chi connectivity index (χ0n) is 11.3. The Balaban J connectivity index is 1.39.